The molecule has 0 bridgehead atoms. The average Bonchev–Trinajstić information content (AvgIpc) is 2.96. The quantitative estimate of drug-likeness (QED) is 0.563. The minimum Gasteiger partial charge on any atom is -0.491 e. The summed E-state index contributed by atoms with van der Waals surface area (Å²) in [5, 5.41) is 9.59. The Labute approximate surface area is 204 Å². The van der Waals surface area contributed by atoms with Gasteiger partial charge in [-0.25, -0.2) is 0 Å². The molecule has 0 fully saturated rings. The number of pyridine rings is 1. The molecule has 0 unspecified atom stereocenters. The highest BCUT2D eigenvalue weighted by Crippen LogP contribution is 2.31. The predicted octanol–water partition coefficient (Wildman–Crippen LogP) is 3.53. The van der Waals surface area contributed by atoms with Crippen LogP contribution in [0.3, 0.4) is 0 Å². The Morgan fingerprint density at radius 1 is 1.14 bits per heavy atom. The molecule has 0 saturated heterocycles. The van der Waals surface area contributed by atoms with Crippen LogP contribution in [0.2, 0.25) is 0 Å². The van der Waals surface area contributed by atoms with Gasteiger partial charge in [0.2, 0.25) is 5.91 Å². The van der Waals surface area contributed by atoms with Crippen LogP contribution in [0.15, 0.2) is 66.9 Å². The van der Waals surface area contributed by atoms with E-state index in [1.807, 2.05) is 36.4 Å². The highest BCUT2D eigenvalue weighted by Gasteiger charge is 2.20. The number of hydrogen-bond donors (Lipinski definition) is 2. The Hall–Kier alpha value is -4.35. The van der Waals surface area contributed by atoms with E-state index in [1.54, 1.807) is 44.0 Å². The first-order valence-electron chi connectivity index (χ1n) is 10.9. The molecule has 0 aliphatic carbocycles. The molecule has 35 heavy (non-hydrogen) atoms. The van der Waals surface area contributed by atoms with Gasteiger partial charge in [0.15, 0.2) is 0 Å². The lowest BCUT2D eigenvalue weighted by molar-refractivity contribution is -0.118. The van der Waals surface area contributed by atoms with Crippen LogP contribution >= 0.6 is 0 Å². The summed E-state index contributed by atoms with van der Waals surface area (Å²) in [5.74, 6) is 7.01. The zero-order valence-corrected chi connectivity index (χ0v) is 19.8. The summed E-state index contributed by atoms with van der Waals surface area (Å²) >= 11 is 0. The Morgan fingerprint density at radius 2 is 1.89 bits per heavy atom. The minimum absolute atomic E-state index is 0.0198. The Morgan fingerprint density at radius 3 is 2.57 bits per heavy atom. The van der Waals surface area contributed by atoms with Crippen LogP contribution < -0.4 is 20.1 Å². The standard InChI is InChI=1S/C15H17NO3.C12H10N2O2/c1-15(2,18)8-6-11-4-5-13-12(10-11)16(3)14(17)7-9-19-13;13-12(15)11-8-10(6-7-14-11)16-9-4-2-1-3-5-9/h4-5,10,18H,7,9H2,1-3H3;1-8H,(H2,13,15). The van der Waals surface area contributed by atoms with Crippen LogP contribution in [0, 0.1) is 11.8 Å². The lowest BCUT2D eigenvalue weighted by Crippen LogP contribution is -2.25. The summed E-state index contributed by atoms with van der Waals surface area (Å²) in [6, 6.07) is 17.9. The number of anilines is 1. The third kappa shape index (κ3) is 7.59. The van der Waals surface area contributed by atoms with Crippen molar-refractivity contribution in [3.05, 3.63) is 78.1 Å². The predicted molar refractivity (Wildman–Crippen MR) is 132 cm³/mol. The van der Waals surface area contributed by atoms with Gasteiger partial charge >= 0.3 is 0 Å². The molecule has 3 N–H and O–H groups in total. The molecule has 8 nitrogen and oxygen atoms in total. The van der Waals surface area contributed by atoms with Gasteiger partial charge in [-0.3, -0.25) is 14.6 Å². The number of primary amides is 1. The number of ether oxygens (including phenoxy) is 2. The first-order valence-corrected chi connectivity index (χ1v) is 10.9. The average molecular weight is 474 g/mol. The van der Waals surface area contributed by atoms with Gasteiger partial charge in [-0.1, -0.05) is 30.0 Å². The molecule has 1 aliphatic heterocycles. The van der Waals surface area contributed by atoms with Gasteiger partial charge in [0.1, 0.15) is 28.5 Å². The molecule has 180 valence electrons. The number of aromatic nitrogens is 1. The van der Waals surface area contributed by atoms with Crippen LogP contribution in [0.4, 0.5) is 5.69 Å². The number of carbonyl (C=O) groups is 2. The van der Waals surface area contributed by atoms with Crippen molar-refractivity contribution >= 4 is 17.5 Å². The molecule has 1 aromatic heterocycles. The van der Waals surface area contributed by atoms with Gasteiger partial charge in [-0.05, 0) is 50.2 Å². The highest BCUT2D eigenvalue weighted by molar-refractivity contribution is 5.95. The third-order valence-electron chi connectivity index (χ3n) is 4.74. The second kappa shape index (κ2) is 11.2. The van der Waals surface area contributed by atoms with E-state index in [9.17, 15) is 14.7 Å². The summed E-state index contributed by atoms with van der Waals surface area (Å²) < 4.78 is 11.1. The molecule has 0 radical (unpaired) electrons. The molecule has 8 heteroatoms. The number of para-hydroxylation sites is 1. The van der Waals surface area contributed by atoms with Crippen molar-refractivity contribution in [1.29, 1.82) is 0 Å². The van der Waals surface area contributed by atoms with Crippen LogP contribution in [0.25, 0.3) is 0 Å². The van der Waals surface area contributed by atoms with E-state index in [0.717, 1.165) is 5.56 Å². The molecule has 0 atom stereocenters. The second-order valence-electron chi connectivity index (χ2n) is 8.20. The van der Waals surface area contributed by atoms with Crippen LogP contribution in [0.5, 0.6) is 17.2 Å². The number of fused-ring (bicyclic) bond motifs is 1. The Balaban J connectivity index is 0.000000198. The first kappa shape index (κ1) is 25.3. The fourth-order valence-corrected chi connectivity index (χ4v) is 2.99. The number of benzene rings is 2. The maximum atomic E-state index is 11.8. The summed E-state index contributed by atoms with van der Waals surface area (Å²) in [5.41, 5.74) is 5.73. The topological polar surface area (TPSA) is 115 Å². The van der Waals surface area contributed by atoms with E-state index in [4.69, 9.17) is 15.2 Å². The maximum Gasteiger partial charge on any atom is 0.267 e. The molecule has 3 aromatic rings. The van der Waals surface area contributed by atoms with Crippen molar-refractivity contribution in [2.45, 2.75) is 25.9 Å². The summed E-state index contributed by atoms with van der Waals surface area (Å²) in [6.07, 6.45) is 1.86. The van der Waals surface area contributed by atoms with Crippen LogP contribution in [-0.2, 0) is 4.79 Å². The van der Waals surface area contributed by atoms with E-state index in [1.165, 1.54) is 12.3 Å². The molecule has 0 spiro atoms. The Bertz CT molecular complexity index is 1260. The van der Waals surface area contributed by atoms with E-state index in [-0.39, 0.29) is 11.6 Å². The molecule has 0 saturated carbocycles. The van der Waals surface area contributed by atoms with Gasteiger partial charge in [0.05, 0.1) is 18.7 Å². The van der Waals surface area contributed by atoms with Gasteiger partial charge in [-0.2, -0.15) is 0 Å². The number of carbonyl (C=O) groups excluding carboxylic acids is 2. The molecule has 2 amide bonds. The second-order valence-corrected chi connectivity index (χ2v) is 8.20. The normalized spacial score (nSPS) is 12.6. The monoisotopic (exact) mass is 473 g/mol. The molecule has 1 aliphatic rings. The fraction of sp³-hybridized carbons (Fsp3) is 0.222. The maximum absolute atomic E-state index is 11.8. The van der Waals surface area contributed by atoms with Crippen molar-refractivity contribution in [2.75, 3.05) is 18.6 Å². The van der Waals surface area contributed by atoms with Crippen molar-refractivity contribution in [3.8, 4) is 29.1 Å². The summed E-state index contributed by atoms with van der Waals surface area (Å²) in [7, 11) is 1.73. The number of hydrogen-bond acceptors (Lipinski definition) is 6. The van der Waals surface area contributed by atoms with Gasteiger partial charge in [0.25, 0.3) is 5.91 Å². The number of nitrogens with two attached hydrogens (primary N) is 1. The van der Waals surface area contributed by atoms with E-state index in [2.05, 4.69) is 16.8 Å². The number of amides is 2. The lowest BCUT2D eigenvalue weighted by Gasteiger charge is -2.16. The Kier molecular flexibility index (Phi) is 8.08. The summed E-state index contributed by atoms with van der Waals surface area (Å²) in [6.45, 7) is 3.65. The number of aliphatic hydroxyl groups is 1. The largest absolute Gasteiger partial charge is 0.491 e. The zero-order valence-electron chi connectivity index (χ0n) is 19.8. The number of rotatable bonds is 3. The van der Waals surface area contributed by atoms with E-state index >= 15 is 0 Å². The lowest BCUT2D eigenvalue weighted by atomic mass is 10.1. The molecule has 4 rings (SSSR count). The van der Waals surface area contributed by atoms with Gasteiger partial charge < -0.3 is 25.2 Å². The molecule has 2 heterocycles. The van der Waals surface area contributed by atoms with Crippen LogP contribution in [-0.4, -0.2) is 41.2 Å². The van der Waals surface area contributed by atoms with Gasteiger partial charge in [0, 0.05) is 24.9 Å². The molecular formula is C27H27N3O5. The fourth-order valence-electron chi connectivity index (χ4n) is 2.99. The zero-order chi connectivity index (χ0) is 25.4. The van der Waals surface area contributed by atoms with E-state index in [0.29, 0.717) is 36.0 Å². The summed E-state index contributed by atoms with van der Waals surface area (Å²) in [4.78, 5) is 28.1. The number of nitrogens with zero attached hydrogens (tertiary/aromatic N) is 2. The molecule has 2 aromatic carbocycles. The highest BCUT2D eigenvalue weighted by atomic mass is 16.5. The SMILES string of the molecule is CN1C(=O)CCOc2ccc(C#CC(C)(C)O)cc21.NC(=O)c1cc(Oc2ccccc2)ccn1. The smallest absolute Gasteiger partial charge is 0.267 e. The van der Waals surface area contributed by atoms with Crippen LogP contribution in [0.1, 0.15) is 36.3 Å². The first-order chi connectivity index (χ1) is 16.6. The third-order valence-corrected chi connectivity index (χ3v) is 4.74. The van der Waals surface area contributed by atoms with Crippen molar-refractivity contribution in [2.24, 2.45) is 5.73 Å². The van der Waals surface area contributed by atoms with Crippen molar-refractivity contribution in [3.63, 3.8) is 0 Å². The van der Waals surface area contributed by atoms with Gasteiger partial charge in [-0.15, -0.1) is 0 Å². The molecular weight excluding hydrogens is 446 g/mol. The van der Waals surface area contributed by atoms with Crippen molar-refractivity contribution < 1.29 is 24.2 Å². The van der Waals surface area contributed by atoms with Crippen molar-refractivity contribution in [1.82, 2.24) is 4.98 Å². The minimum atomic E-state index is -1.04. The van der Waals surface area contributed by atoms with E-state index < -0.39 is 11.5 Å².